The van der Waals surface area contributed by atoms with Gasteiger partial charge in [-0.2, -0.15) is 0 Å². The number of fused-ring (bicyclic) bond motifs is 1. The molecule has 32 heavy (non-hydrogen) atoms. The van der Waals surface area contributed by atoms with Crippen LogP contribution in [0.5, 0.6) is 0 Å². The van der Waals surface area contributed by atoms with E-state index in [-0.39, 0.29) is 22.0 Å². The summed E-state index contributed by atoms with van der Waals surface area (Å²) in [5.41, 5.74) is 1.59. The quantitative estimate of drug-likeness (QED) is 0.416. The Morgan fingerprint density at radius 2 is 1.94 bits per heavy atom. The number of para-hydroxylation sites is 1. The predicted molar refractivity (Wildman–Crippen MR) is 122 cm³/mol. The first-order chi connectivity index (χ1) is 15.3. The summed E-state index contributed by atoms with van der Waals surface area (Å²) < 4.78 is 33.8. The Morgan fingerprint density at radius 3 is 2.69 bits per heavy atom. The second-order valence-electron chi connectivity index (χ2n) is 7.21. The zero-order chi connectivity index (χ0) is 22.7. The second kappa shape index (κ2) is 9.12. The molecule has 2 aromatic carbocycles. The maximum absolute atomic E-state index is 12.8. The standard InChI is InChI=1S/C23H20ClN3O4S/c1-15(21-11-17-6-2-3-7-20(17)31-21)27-23(28)18-8-9-19(24)22(12-18)32(29,30)26-14-16-5-4-10-25-13-16/h2-13,15,26H,14H2,1H3,(H,27,28)/t15-/m0/s1. The fraction of sp³-hybridized carbons (Fsp3) is 0.130. The van der Waals surface area contributed by atoms with Crippen LogP contribution in [-0.2, 0) is 16.6 Å². The number of amides is 1. The highest BCUT2D eigenvalue weighted by molar-refractivity contribution is 7.89. The van der Waals surface area contributed by atoms with Crippen molar-refractivity contribution in [3.63, 3.8) is 0 Å². The van der Waals surface area contributed by atoms with Crippen LogP contribution in [0.1, 0.15) is 34.6 Å². The first-order valence-electron chi connectivity index (χ1n) is 9.81. The molecule has 9 heteroatoms. The molecule has 4 rings (SSSR count). The molecule has 2 N–H and O–H groups in total. The van der Waals surface area contributed by atoms with Gasteiger partial charge in [-0.25, -0.2) is 13.1 Å². The van der Waals surface area contributed by atoms with E-state index in [2.05, 4.69) is 15.0 Å². The number of sulfonamides is 1. The lowest BCUT2D eigenvalue weighted by atomic mass is 10.1. The highest BCUT2D eigenvalue weighted by Gasteiger charge is 2.21. The van der Waals surface area contributed by atoms with Gasteiger partial charge in [0.15, 0.2) is 0 Å². The van der Waals surface area contributed by atoms with Crippen LogP contribution in [-0.4, -0.2) is 19.3 Å². The Labute approximate surface area is 190 Å². The van der Waals surface area contributed by atoms with Crippen molar-refractivity contribution >= 4 is 38.5 Å². The van der Waals surface area contributed by atoms with Crippen LogP contribution in [0.25, 0.3) is 11.0 Å². The number of carbonyl (C=O) groups is 1. The van der Waals surface area contributed by atoms with Gasteiger partial charge >= 0.3 is 0 Å². The molecule has 0 aliphatic heterocycles. The Bertz CT molecular complexity index is 1340. The van der Waals surface area contributed by atoms with E-state index >= 15 is 0 Å². The molecule has 0 saturated carbocycles. The van der Waals surface area contributed by atoms with Crippen molar-refractivity contribution in [2.45, 2.75) is 24.4 Å². The molecule has 0 saturated heterocycles. The van der Waals surface area contributed by atoms with E-state index in [1.54, 1.807) is 31.5 Å². The smallest absolute Gasteiger partial charge is 0.251 e. The molecule has 4 aromatic rings. The van der Waals surface area contributed by atoms with Gasteiger partial charge in [0.05, 0.1) is 11.1 Å². The van der Waals surface area contributed by atoms with Gasteiger partial charge in [-0.3, -0.25) is 9.78 Å². The fourth-order valence-electron chi connectivity index (χ4n) is 3.18. The maximum Gasteiger partial charge on any atom is 0.251 e. The van der Waals surface area contributed by atoms with Crippen molar-refractivity contribution in [2.24, 2.45) is 0 Å². The summed E-state index contributed by atoms with van der Waals surface area (Å²) in [5, 5.41) is 3.78. The number of aromatic nitrogens is 1. The molecular formula is C23H20ClN3O4S. The van der Waals surface area contributed by atoms with Crippen molar-refractivity contribution in [1.82, 2.24) is 15.0 Å². The Hall–Kier alpha value is -3.20. The number of hydrogen-bond donors (Lipinski definition) is 2. The molecule has 0 spiro atoms. The third-order valence-corrected chi connectivity index (χ3v) is 6.77. The lowest BCUT2D eigenvalue weighted by Gasteiger charge is -2.13. The van der Waals surface area contributed by atoms with E-state index in [9.17, 15) is 13.2 Å². The minimum absolute atomic E-state index is 0.0190. The summed E-state index contributed by atoms with van der Waals surface area (Å²) >= 11 is 6.14. The summed E-state index contributed by atoms with van der Waals surface area (Å²) in [6.07, 6.45) is 3.16. The molecule has 0 aliphatic rings. The predicted octanol–water partition coefficient (Wildman–Crippen LogP) is 4.45. The van der Waals surface area contributed by atoms with Gasteiger partial charge < -0.3 is 9.73 Å². The van der Waals surface area contributed by atoms with Gasteiger partial charge in [0.25, 0.3) is 5.91 Å². The minimum atomic E-state index is -3.95. The first kappa shape index (κ1) is 22.0. The average molecular weight is 470 g/mol. The van der Waals surface area contributed by atoms with E-state index in [0.717, 1.165) is 11.0 Å². The van der Waals surface area contributed by atoms with E-state index < -0.39 is 22.0 Å². The van der Waals surface area contributed by atoms with Gasteiger partial charge in [0, 0.05) is 29.9 Å². The van der Waals surface area contributed by atoms with Crippen LogP contribution in [0.15, 0.2) is 82.4 Å². The molecule has 2 heterocycles. The monoisotopic (exact) mass is 469 g/mol. The lowest BCUT2D eigenvalue weighted by molar-refractivity contribution is 0.0935. The number of pyridine rings is 1. The van der Waals surface area contributed by atoms with Crippen molar-refractivity contribution in [2.75, 3.05) is 0 Å². The third-order valence-electron chi connectivity index (χ3n) is 4.89. The van der Waals surface area contributed by atoms with E-state index in [1.165, 1.54) is 18.2 Å². The molecule has 0 fully saturated rings. The number of carbonyl (C=O) groups excluding carboxylic acids is 1. The van der Waals surface area contributed by atoms with E-state index in [1.807, 2.05) is 30.3 Å². The Balaban J connectivity index is 1.51. The van der Waals surface area contributed by atoms with Crippen LogP contribution >= 0.6 is 11.6 Å². The summed E-state index contributed by atoms with van der Waals surface area (Å²) in [4.78, 5) is 16.6. The summed E-state index contributed by atoms with van der Waals surface area (Å²) in [5.74, 6) is 0.151. The highest BCUT2D eigenvalue weighted by atomic mass is 35.5. The fourth-order valence-corrected chi connectivity index (χ4v) is 4.72. The third kappa shape index (κ3) is 4.83. The molecular weight excluding hydrogens is 450 g/mol. The highest BCUT2D eigenvalue weighted by Crippen LogP contribution is 2.25. The second-order valence-corrected chi connectivity index (χ2v) is 9.36. The zero-order valence-electron chi connectivity index (χ0n) is 17.1. The zero-order valence-corrected chi connectivity index (χ0v) is 18.7. The van der Waals surface area contributed by atoms with Crippen molar-refractivity contribution in [3.05, 3.63) is 95.0 Å². The molecule has 0 aliphatic carbocycles. The number of furan rings is 1. The first-order valence-corrected chi connectivity index (χ1v) is 11.7. The van der Waals surface area contributed by atoms with Crippen molar-refractivity contribution in [1.29, 1.82) is 0 Å². The van der Waals surface area contributed by atoms with Crippen molar-refractivity contribution in [3.8, 4) is 0 Å². The summed E-state index contributed by atoms with van der Waals surface area (Å²) in [6.45, 7) is 1.84. The Morgan fingerprint density at radius 1 is 1.12 bits per heavy atom. The number of hydrogen-bond acceptors (Lipinski definition) is 5. The molecule has 0 radical (unpaired) electrons. The molecule has 2 aromatic heterocycles. The van der Waals surface area contributed by atoms with Crippen LogP contribution in [0, 0.1) is 0 Å². The minimum Gasteiger partial charge on any atom is -0.459 e. The number of nitrogens with one attached hydrogen (secondary N) is 2. The summed E-state index contributed by atoms with van der Waals surface area (Å²) in [6, 6.07) is 16.6. The molecule has 1 amide bonds. The molecule has 164 valence electrons. The normalized spacial score (nSPS) is 12.6. The maximum atomic E-state index is 12.8. The number of nitrogens with zero attached hydrogens (tertiary/aromatic N) is 1. The number of benzene rings is 2. The van der Waals surface area contributed by atoms with Crippen molar-refractivity contribution < 1.29 is 17.6 Å². The van der Waals surface area contributed by atoms with Gasteiger partial charge in [-0.15, -0.1) is 0 Å². The largest absolute Gasteiger partial charge is 0.459 e. The van der Waals surface area contributed by atoms with Gasteiger partial charge in [-0.1, -0.05) is 35.9 Å². The average Bonchev–Trinajstić information content (AvgIpc) is 3.23. The van der Waals surface area contributed by atoms with E-state index in [4.69, 9.17) is 16.0 Å². The van der Waals surface area contributed by atoms with Crippen LogP contribution in [0.3, 0.4) is 0 Å². The van der Waals surface area contributed by atoms with E-state index in [0.29, 0.717) is 11.3 Å². The lowest BCUT2D eigenvalue weighted by Crippen LogP contribution is -2.27. The van der Waals surface area contributed by atoms with Gasteiger partial charge in [0.1, 0.15) is 16.2 Å². The van der Waals surface area contributed by atoms with Crippen LogP contribution in [0.4, 0.5) is 0 Å². The molecule has 0 unspecified atom stereocenters. The SMILES string of the molecule is C[C@H](NC(=O)c1ccc(Cl)c(S(=O)(=O)NCc2cccnc2)c1)c1cc2ccccc2o1. The van der Waals surface area contributed by atoms with Gasteiger partial charge in [-0.05, 0) is 48.9 Å². The van der Waals surface area contributed by atoms with Crippen LogP contribution < -0.4 is 10.0 Å². The number of rotatable bonds is 7. The molecule has 0 bridgehead atoms. The molecule has 7 nitrogen and oxygen atoms in total. The topological polar surface area (TPSA) is 101 Å². The molecule has 1 atom stereocenters. The van der Waals surface area contributed by atoms with Gasteiger partial charge in [0.2, 0.25) is 10.0 Å². The number of halogens is 1. The summed E-state index contributed by atoms with van der Waals surface area (Å²) in [7, 11) is -3.95. The Kier molecular flexibility index (Phi) is 6.27. The van der Waals surface area contributed by atoms with Crippen LogP contribution in [0.2, 0.25) is 5.02 Å².